The molecule has 0 aliphatic heterocycles. The van der Waals surface area contributed by atoms with Crippen LogP contribution in [0.1, 0.15) is 130 Å². The molecular weight excluding hydrogens is 415 g/mol. The van der Waals surface area contributed by atoms with Crippen molar-refractivity contribution in [2.45, 2.75) is 130 Å². The summed E-state index contributed by atoms with van der Waals surface area (Å²) in [6.07, 6.45) is 46.6. The Morgan fingerprint density at radius 1 is 0.333 bits per heavy atom. The van der Waals surface area contributed by atoms with E-state index < -0.39 is 7.26 Å². The molecule has 0 saturated carbocycles. The summed E-state index contributed by atoms with van der Waals surface area (Å²) < 4.78 is 0. The van der Waals surface area contributed by atoms with Gasteiger partial charge in [0.25, 0.3) is 0 Å². The topological polar surface area (TPSA) is 0 Å². The summed E-state index contributed by atoms with van der Waals surface area (Å²) in [5.74, 6) is 0. The van der Waals surface area contributed by atoms with Crippen molar-refractivity contribution in [1.29, 1.82) is 0 Å². The van der Waals surface area contributed by atoms with Crippen LogP contribution in [0.2, 0.25) is 0 Å². The molecular formula is C32H60P+. The van der Waals surface area contributed by atoms with Gasteiger partial charge in [0, 0.05) is 7.26 Å². The highest BCUT2D eigenvalue weighted by atomic mass is 31.2. The van der Waals surface area contributed by atoms with Crippen molar-refractivity contribution in [2.75, 3.05) is 24.6 Å². The minimum atomic E-state index is -0.815. The molecule has 33 heavy (non-hydrogen) atoms. The van der Waals surface area contributed by atoms with Crippen molar-refractivity contribution in [3.63, 3.8) is 0 Å². The molecule has 0 aromatic heterocycles. The number of unbranched alkanes of at least 4 members (excludes halogenated alkanes) is 8. The van der Waals surface area contributed by atoms with Crippen LogP contribution in [0.25, 0.3) is 0 Å². The Kier molecular flexibility index (Phi) is 25.5. The third kappa shape index (κ3) is 21.6. The molecule has 1 heteroatoms. The maximum absolute atomic E-state index is 2.42. The van der Waals surface area contributed by atoms with E-state index in [1.165, 1.54) is 103 Å². The van der Waals surface area contributed by atoms with E-state index in [4.69, 9.17) is 0 Å². The first-order valence-electron chi connectivity index (χ1n) is 14.7. The van der Waals surface area contributed by atoms with E-state index in [1.807, 2.05) is 0 Å². The van der Waals surface area contributed by atoms with Gasteiger partial charge in [-0.2, -0.15) is 0 Å². The molecule has 0 spiro atoms. The van der Waals surface area contributed by atoms with Crippen molar-refractivity contribution >= 4 is 7.26 Å². The summed E-state index contributed by atoms with van der Waals surface area (Å²) in [6, 6.07) is 0. The molecule has 0 fully saturated rings. The van der Waals surface area contributed by atoms with Crippen LogP contribution in [0.5, 0.6) is 0 Å². The fourth-order valence-electron chi connectivity index (χ4n) is 4.65. The van der Waals surface area contributed by atoms with Crippen LogP contribution < -0.4 is 0 Å². The SMILES string of the molecule is CC/C=C/CCCC[P+](CCCC/C=C/CC)(CCCC/C=C/CC)CCCC/C=C/CC. The average molecular weight is 476 g/mol. The van der Waals surface area contributed by atoms with Crippen LogP contribution in [-0.4, -0.2) is 24.6 Å². The number of hydrogen-bond donors (Lipinski definition) is 0. The van der Waals surface area contributed by atoms with Gasteiger partial charge in [-0.3, -0.25) is 0 Å². The lowest BCUT2D eigenvalue weighted by atomic mass is 10.2. The molecule has 0 radical (unpaired) electrons. The highest BCUT2D eigenvalue weighted by Gasteiger charge is 2.34. The molecule has 192 valence electrons. The van der Waals surface area contributed by atoms with Gasteiger partial charge in [-0.25, -0.2) is 0 Å². The molecule has 0 aliphatic rings. The van der Waals surface area contributed by atoms with Crippen molar-refractivity contribution in [3.8, 4) is 0 Å². The summed E-state index contributed by atoms with van der Waals surface area (Å²) in [6.45, 7) is 8.98. The van der Waals surface area contributed by atoms with Crippen LogP contribution in [0.15, 0.2) is 48.6 Å². The van der Waals surface area contributed by atoms with Crippen molar-refractivity contribution < 1.29 is 0 Å². The largest absolute Gasteiger partial charge is 0.0888 e. The van der Waals surface area contributed by atoms with Gasteiger partial charge in [0.15, 0.2) is 0 Å². The highest BCUT2D eigenvalue weighted by molar-refractivity contribution is 7.75. The molecule has 0 unspecified atom stereocenters. The fraction of sp³-hybridized carbons (Fsp3) is 0.750. The molecule has 0 aliphatic carbocycles. The summed E-state index contributed by atoms with van der Waals surface area (Å²) in [5, 5.41) is 0. The first-order valence-corrected chi connectivity index (χ1v) is 17.2. The summed E-state index contributed by atoms with van der Waals surface area (Å²) in [7, 11) is -0.815. The Morgan fingerprint density at radius 2 is 0.576 bits per heavy atom. The Hall–Kier alpha value is -0.610. The molecule has 0 N–H and O–H groups in total. The lowest BCUT2D eigenvalue weighted by Gasteiger charge is -2.28. The molecule has 0 amide bonds. The van der Waals surface area contributed by atoms with Gasteiger partial charge in [0.1, 0.15) is 0 Å². The number of allylic oxidation sites excluding steroid dienone is 8. The Morgan fingerprint density at radius 3 is 0.788 bits per heavy atom. The van der Waals surface area contributed by atoms with Crippen LogP contribution in [0.3, 0.4) is 0 Å². The van der Waals surface area contributed by atoms with Gasteiger partial charge in [-0.05, 0) is 103 Å². The minimum Gasteiger partial charge on any atom is -0.0888 e. The monoisotopic (exact) mass is 475 g/mol. The molecule has 0 nitrogen and oxygen atoms in total. The molecule has 0 rings (SSSR count). The Bertz CT molecular complexity index is 403. The lowest BCUT2D eigenvalue weighted by Crippen LogP contribution is -2.13. The molecule has 0 aromatic carbocycles. The predicted octanol–water partition coefficient (Wildman–Crippen LogP) is 11.5. The van der Waals surface area contributed by atoms with E-state index >= 15 is 0 Å². The normalized spacial score (nSPS) is 13.0. The van der Waals surface area contributed by atoms with Crippen LogP contribution >= 0.6 is 7.26 Å². The van der Waals surface area contributed by atoms with Gasteiger partial charge in [0.2, 0.25) is 0 Å². The Balaban J connectivity index is 4.94. The lowest BCUT2D eigenvalue weighted by molar-refractivity contribution is 0.760. The number of rotatable bonds is 24. The third-order valence-corrected chi connectivity index (χ3v) is 11.7. The van der Waals surface area contributed by atoms with E-state index in [9.17, 15) is 0 Å². The molecule has 0 aromatic rings. The zero-order valence-electron chi connectivity index (χ0n) is 23.2. The Labute approximate surface area is 210 Å². The zero-order chi connectivity index (χ0) is 24.3. The minimum absolute atomic E-state index is 0.815. The van der Waals surface area contributed by atoms with Crippen molar-refractivity contribution in [1.82, 2.24) is 0 Å². The highest BCUT2D eigenvalue weighted by Crippen LogP contribution is 2.61. The smallest absolute Gasteiger partial charge is 0.0594 e. The van der Waals surface area contributed by atoms with Crippen LogP contribution in [0.4, 0.5) is 0 Å². The summed E-state index contributed by atoms with van der Waals surface area (Å²) in [5.41, 5.74) is 0. The first kappa shape index (κ1) is 32.4. The average Bonchev–Trinajstić information content (AvgIpc) is 2.83. The maximum Gasteiger partial charge on any atom is 0.0594 e. The second kappa shape index (κ2) is 26.0. The van der Waals surface area contributed by atoms with Crippen molar-refractivity contribution in [2.24, 2.45) is 0 Å². The number of hydrogen-bond acceptors (Lipinski definition) is 0. The fourth-order valence-corrected chi connectivity index (χ4v) is 9.57. The second-order valence-corrected chi connectivity index (χ2v) is 14.2. The van der Waals surface area contributed by atoms with Gasteiger partial charge in [-0.15, -0.1) is 0 Å². The van der Waals surface area contributed by atoms with Crippen LogP contribution in [-0.2, 0) is 0 Å². The van der Waals surface area contributed by atoms with Crippen LogP contribution in [0, 0.1) is 0 Å². The summed E-state index contributed by atoms with van der Waals surface area (Å²) in [4.78, 5) is 0. The van der Waals surface area contributed by atoms with E-state index in [0.717, 1.165) is 0 Å². The van der Waals surface area contributed by atoms with E-state index in [-0.39, 0.29) is 0 Å². The third-order valence-electron chi connectivity index (χ3n) is 6.62. The van der Waals surface area contributed by atoms with E-state index in [1.54, 1.807) is 24.6 Å². The van der Waals surface area contributed by atoms with E-state index in [2.05, 4.69) is 76.3 Å². The predicted molar refractivity (Wildman–Crippen MR) is 160 cm³/mol. The summed E-state index contributed by atoms with van der Waals surface area (Å²) >= 11 is 0. The van der Waals surface area contributed by atoms with Gasteiger partial charge < -0.3 is 0 Å². The van der Waals surface area contributed by atoms with Crippen molar-refractivity contribution in [3.05, 3.63) is 48.6 Å². The van der Waals surface area contributed by atoms with Gasteiger partial charge in [-0.1, -0.05) is 76.3 Å². The zero-order valence-corrected chi connectivity index (χ0v) is 24.1. The second-order valence-electron chi connectivity index (χ2n) is 9.74. The molecule has 0 saturated heterocycles. The maximum atomic E-state index is 2.42. The first-order chi connectivity index (χ1) is 16.2. The molecule has 0 bridgehead atoms. The molecule has 0 heterocycles. The standard InChI is InChI=1S/C32H60P/c1-5-9-13-17-21-25-29-33(30-26-22-18-14-10-6-2,31-27-23-19-15-11-7-3)32-28-24-20-16-12-8-4/h9-16H,5-8,17-32H2,1-4H3/q+1/b13-9+,14-10+,15-11+,16-12+. The molecule has 0 atom stereocenters. The van der Waals surface area contributed by atoms with E-state index in [0.29, 0.717) is 0 Å². The quantitative estimate of drug-likeness (QED) is 0.0739. The van der Waals surface area contributed by atoms with Gasteiger partial charge in [0.05, 0.1) is 24.6 Å². The van der Waals surface area contributed by atoms with Gasteiger partial charge >= 0.3 is 0 Å².